The quantitative estimate of drug-likeness (QED) is 0.844. The van der Waals surface area contributed by atoms with Crippen molar-refractivity contribution in [2.75, 3.05) is 18.4 Å². The molecule has 0 bridgehead atoms. The molecule has 0 unspecified atom stereocenters. The highest BCUT2D eigenvalue weighted by Gasteiger charge is 2.27. The van der Waals surface area contributed by atoms with Crippen LogP contribution in [0, 0.1) is 0 Å². The minimum absolute atomic E-state index is 0.189. The Hall–Kier alpha value is -2.38. The van der Waals surface area contributed by atoms with E-state index in [0.29, 0.717) is 24.5 Å². The maximum absolute atomic E-state index is 12.6. The number of carbonyl (C=O) groups is 1. The minimum Gasteiger partial charge on any atom is -0.481 e. The third-order valence-electron chi connectivity index (χ3n) is 4.23. The molecule has 26 heavy (non-hydrogen) atoms. The Morgan fingerprint density at radius 3 is 2.46 bits per heavy atom. The maximum Gasteiger partial charge on any atom is 0.265 e. The molecule has 7 heteroatoms. The summed E-state index contributed by atoms with van der Waals surface area (Å²) in [5.74, 6) is 0.255. The number of sulfonamides is 1. The predicted molar refractivity (Wildman–Crippen MR) is 99.6 cm³/mol. The number of carbonyl (C=O) groups excluding carboxylic acids is 1. The van der Waals surface area contributed by atoms with E-state index in [1.54, 1.807) is 37.3 Å². The van der Waals surface area contributed by atoms with Crippen molar-refractivity contribution in [2.24, 2.45) is 0 Å². The first kappa shape index (κ1) is 18.4. The minimum atomic E-state index is -3.52. The number of rotatable bonds is 6. The molecule has 3 rings (SSSR count). The second-order valence-electron chi connectivity index (χ2n) is 6.20. The number of hydrogen-bond donors (Lipinski definition) is 1. The lowest BCUT2D eigenvalue weighted by Crippen LogP contribution is -2.30. The van der Waals surface area contributed by atoms with Crippen molar-refractivity contribution in [3.63, 3.8) is 0 Å². The van der Waals surface area contributed by atoms with Gasteiger partial charge in [0.2, 0.25) is 10.0 Å². The molecule has 2 aromatic rings. The Morgan fingerprint density at radius 1 is 1.08 bits per heavy atom. The lowest BCUT2D eigenvalue weighted by atomic mass is 10.3. The number of amides is 1. The molecule has 1 saturated heterocycles. The van der Waals surface area contributed by atoms with Gasteiger partial charge in [-0.25, -0.2) is 8.42 Å². The van der Waals surface area contributed by atoms with E-state index in [0.717, 1.165) is 12.8 Å². The Bertz CT molecular complexity index is 862. The van der Waals surface area contributed by atoms with Crippen molar-refractivity contribution < 1.29 is 17.9 Å². The molecule has 6 nitrogen and oxygen atoms in total. The van der Waals surface area contributed by atoms with E-state index in [9.17, 15) is 13.2 Å². The van der Waals surface area contributed by atoms with Crippen LogP contribution in [0.3, 0.4) is 0 Å². The van der Waals surface area contributed by atoms with E-state index in [2.05, 4.69) is 5.32 Å². The summed E-state index contributed by atoms with van der Waals surface area (Å²) >= 11 is 0. The summed E-state index contributed by atoms with van der Waals surface area (Å²) in [7, 11) is -3.52. The van der Waals surface area contributed by atoms with Crippen LogP contribution in [0.5, 0.6) is 5.75 Å². The molecule has 138 valence electrons. The van der Waals surface area contributed by atoms with Crippen LogP contribution < -0.4 is 10.1 Å². The number of para-hydroxylation sites is 1. The van der Waals surface area contributed by atoms with Gasteiger partial charge in [0.1, 0.15) is 5.75 Å². The highest BCUT2D eigenvalue weighted by Crippen LogP contribution is 2.23. The molecule has 0 spiro atoms. The van der Waals surface area contributed by atoms with Crippen LogP contribution in [-0.4, -0.2) is 37.8 Å². The molecule has 2 aromatic carbocycles. The van der Waals surface area contributed by atoms with Crippen LogP contribution in [0.15, 0.2) is 59.5 Å². The van der Waals surface area contributed by atoms with Crippen molar-refractivity contribution in [2.45, 2.75) is 30.8 Å². The summed E-state index contributed by atoms with van der Waals surface area (Å²) in [6.07, 6.45) is 1.05. The van der Waals surface area contributed by atoms with Gasteiger partial charge < -0.3 is 10.1 Å². The van der Waals surface area contributed by atoms with Gasteiger partial charge in [-0.15, -0.1) is 0 Å². The van der Waals surface area contributed by atoms with Crippen LogP contribution in [0.2, 0.25) is 0 Å². The highest BCUT2D eigenvalue weighted by atomic mass is 32.2. The Morgan fingerprint density at radius 2 is 1.77 bits per heavy atom. The first-order valence-corrected chi connectivity index (χ1v) is 10.0. The van der Waals surface area contributed by atoms with E-state index >= 15 is 0 Å². The zero-order valence-electron chi connectivity index (χ0n) is 14.6. The van der Waals surface area contributed by atoms with E-state index in [-0.39, 0.29) is 10.8 Å². The summed E-state index contributed by atoms with van der Waals surface area (Å²) in [5.41, 5.74) is 0.429. The third kappa shape index (κ3) is 4.23. The van der Waals surface area contributed by atoms with Crippen LogP contribution in [-0.2, 0) is 14.8 Å². The number of nitrogens with one attached hydrogen (secondary N) is 1. The fraction of sp³-hybridized carbons (Fsp3) is 0.316. The summed E-state index contributed by atoms with van der Waals surface area (Å²) in [6.45, 7) is 2.73. The molecular weight excluding hydrogens is 352 g/mol. The number of benzene rings is 2. The number of anilines is 1. The molecule has 1 fully saturated rings. The maximum atomic E-state index is 12.6. The van der Waals surface area contributed by atoms with Crippen LogP contribution in [0.4, 0.5) is 5.69 Å². The summed E-state index contributed by atoms with van der Waals surface area (Å²) in [6, 6.07) is 15.4. The summed E-state index contributed by atoms with van der Waals surface area (Å²) in [5, 5.41) is 2.72. The second kappa shape index (κ2) is 7.88. The fourth-order valence-corrected chi connectivity index (χ4v) is 4.38. The molecule has 0 saturated carbocycles. The Labute approximate surface area is 153 Å². The summed E-state index contributed by atoms with van der Waals surface area (Å²) in [4.78, 5) is 12.5. The predicted octanol–water partition coefficient (Wildman–Crippen LogP) is 2.88. The van der Waals surface area contributed by atoms with E-state index in [1.165, 1.54) is 10.4 Å². The van der Waals surface area contributed by atoms with E-state index < -0.39 is 16.1 Å². The average molecular weight is 374 g/mol. The van der Waals surface area contributed by atoms with Gasteiger partial charge in [0.15, 0.2) is 6.10 Å². The number of nitrogens with zero attached hydrogens (tertiary/aromatic N) is 1. The normalized spacial score (nSPS) is 16.2. The average Bonchev–Trinajstić information content (AvgIpc) is 3.18. The molecule has 1 N–H and O–H groups in total. The van der Waals surface area contributed by atoms with Crippen molar-refractivity contribution in [1.29, 1.82) is 0 Å². The molecule has 1 atom stereocenters. The Kier molecular flexibility index (Phi) is 5.58. The van der Waals surface area contributed by atoms with Gasteiger partial charge in [0.05, 0.1) is 4.90 Å². The first-order valence-electron chi connectivity index (χ1n) is 8.59. The lowest BCUT2D eigenvalue weighted by molar-refractivity contribution is -0.122. The van der Waals surface area contributed by atoms with Crippen molar-refractivity contribution >= 4 is 21.6 Å². The topological polar surface area (TPSA) is 75.7 Å². The van der Waals surface area contributed by atoms with Crippen molar-refractivity contribution in [3.05, 3.63) is 54.6 Å². The zero-order chi connectivity index (χ0) is 18.6. The third-order valence-corrected chi connectivity index (χ3v) is 6.12. The molecular formula is C19H22N2O4S. The number of hydrogen-bond acceptors (Lipinski definition) is 4. The fourth-order valence-electron chi connectivity index (χ4n) is 2.81. The van der Waals surface area contributed by atoms with Gasteiger partial charge in [-0.05, 0) is 50.1 Å². The largest absolute Gasteiger partial charge is 0.481 e. The van der Waals surface area contributed by atoms with Gasteiger partial charge >= 0.3 is 0 Å². The van der Waals surface area contributed by atoms with E-state index in [1.807, 2.05) is 18.2 Å². The summed E-state index contributed by atoms with van der Waals surface area (Å²) < 4.78 is 32.3. The van der Waals surface area contributed by atoms with Gasteiger partial charge in [-0.2, -0.15) is 4.31 Å². The molecule has 0 radical (unpaired) electrons. The van der Waals surface area contributed by atoms with Gasteiger partial charge in [-0.3, -0.25) is 4.79 Å². The molecule has 1 amide bonds. The lowest BCUT2D eigenvalue weighted by Gasteiger charge is -2.17. The number of ether oxygens (including phenoxy) is 1. The van der Waals surface area contributed by atoms with Crippen molar-refractivity contribution in [1.82, 2.24) is 4.31 Å². The van der Waals surface area contributed by atoms with Crippen LogP contribution in [0.1, 0.15) is 19.8 Å². The second-order valence-corrected chi connectivity index (χ2v) is 8.14. The molecule has 1 aliphatic rings. The first-order chi connectivity index (χ1) is 12.5. The van der Waals surface area contributed by atoms with Gasteiger partial charge in [-0.1, -0.05) is 24.3 Å². The highest BCUT2D eigenvalue weighted by molar-refractivity contribution is 7.89. The van der Waals surface area contributed by atoms with Crippen LogP contribution in [0.25, 0.3) is 0 Å². The zero-order valence-corrected chi connectivity index (χ0v) is 15.4. The smallest absolute Gasteiger partial charge is 0.265 e. The molecule has 1 aliphatic heterocycles. The van der Waals surface area contributed by atoms with Crippen molar-refractivity contribution in [3.8, 4) is 5.75 Å². The monoisotopic (exact) mass is 374 g/mol. The molecule has 1 heterocycles. The standard InChI is InChI=1S/C19H22N2O4S/c1-15(25-17-9-3-2-4-10-17)19(22)20-16-8-7-11-18(14-16)26(23,24)21-12-5-6-13-21/h2-4,7-11,14-15H,5-6,12-13H2,1H3,(H,20,22)/t15-/m1/s1. The molecule has 0 aromatic heterocycles. The van der Waals surface area contributed by atoms with Gasteiger partial charge in [0.25, 0.3) is 5.91 Å². The van der Waals surface area contributed by atoms with E-state index in [4.69, 9.17) is 4.74 Å². The Balaban J connectivity index is 1.69. The SMILES string of the molecule is C[C@@H](Oc1ccccc1)C(=O)Nc1cccc(S(=O)(=O)N2CCCC2)c1. The molecule has 0 aliphatic carbocycles. The van der Waals surface area contributed by atoms with Gasteiger partial charge in [0, 0.05) is 18.8 Å². The van der Waals surface area contributed by atoms with Crippen LogP contribution >= 0.6 is 0 Å².